The van der Waals surface area contributed by atoms with E-state index < -0.39 is 18.1 Å². The SMILES string of the molecule is Cn1ncc(C(=O)OC[C@@H]2CCN(c3ccccc3)C2)c1C(F)F. The Morgan fingerprint density at radius 3 is 2.83 bits per heavy atom. The van der Waals surface area contributed by atoms with Crippen molar-refractivity contribution >= 4 is 11.7 Å². The third kappa shape index (κ3) is 3.39. The number of rotatable bonds is 5. The molecule has 0 aliphatic carbocycles. The highest BCUT2D eigenvalue weighted by molar-refractivity contribution is 5.90. The molecule has 128 valence electrons. The van der Waals surface area contributed by atoms with E-state index in [9.17, 15) is 13.6 Å². The summed E-state index contributed by atoms with van der Waals surface area (Å²) in [5.41, 5.74) is 0.571. The first-order valence-electron chi connectivity index (χ1n) is 7.83. The molecule has 0 unspecified atom stereocenters. The minimum atomic E-state index is -2.76. The molecule has 1 aliphatic heterocycles. The molecule has 1 fully saturated rings. The summed E-state index contributed by atoms with van der Waals surface area (Å²) in [4.78, 5) is 14.3. The molecule has 0 amide bonds. The molecule has 1 aromatic carbocycles. The molecule has 2 heterocycles. The van der Waals surface area contributed by atoms with Gasteiger partial charge in [0.2, 0.25) is 0 Å². The van der Waals surface area contributed by atoms with E-state index in [-0.39, 0.29) is 18.1 Å². The third-order valence-corrected chi connectivity index (χ3v) is 4.27. The first kappa shape index (κ1) is 16.4. The molecule has 0 saturated carbocycles. The van der Waals surface area contributed by atoms with Crippen LogP contribution in [-0.4, -0.2) is 35.4 Å². The molecular weight excluding hydrogens is 316 g/mol. The van der Waals surface area contributed by atoms with Crippen LogP contribution in [0.15, 0.2) is 36.5 Å². The minimum Gasteiger partial charge on any atom is -0.462 e. The largest absolute Gasteiger partial charge is 0.462 e. The van der Waals surface area contributed by atoms with Gasteiger partial charge in [-0.05, 0) is 18.6 Å². The average molecular weight is 335 g/mol. The van der Waals surface area contributed by atoms with Gasteiger partial charge in [-0.3, -0.25) is 4.68 Å². The number of aromatic nitrogens is 2. The van der Waals surface area contributed by atoms with Crippen molar-refractivity contribution in [3.63, 3.8) is 0 Å². The van der Waals surface area contributed by atoms with Crippen LogP contribution in [0.25, 0.3) is 0 Å². The number of carbonyl (C=O) groups is 1. The second-order valence-electron chi connectivity index (χ2n) is 5.90. The molecule has 7 heteroatoms. The van der Waals surface area contributed by atoms with E-state index in [1.54, 1.807) is 0 Å². The lowest BCUT2D eigenvalue weighted by molar-refractivity contribution is 0.0439. The predicted molar refractivity (Wildman–Crippen MR) is 85.2 cm³/mol. The lowest BCUT2D eigenvalue weighted by Crippen LogP contribution is -2.22. The standard InChI is InChI=1S/C17H19F2N3O2/c1-21-15(16(18)19)14(9-20-21)17(23)24-11-12-7-8-22(10-12)13-5-3-2-4-6-13/h2-6,9,12,16H,7-8,10-11H2,1H3/t12-/m1/s1. The van der Waals surface area contributed by atoms with Crippen molar-refractivity contribution in [3.8, 4) is 0 Å². The number of halogens is 2. The van der Waals surface area contributed by atoms with Crippen LogP contribution in [0.5, 0.6) is 0 Å². The second-order valence-corrected chi connectivity index (χ2v) is 5.90. The first-order chi connectivity index (χ1) is 11.6. The molecule has 24 heavy (non-hydrogen) atoms. The quantitative estimate of drug-likeness (QED) is 0.788. The number of esters is 1. The third-order valence-electron chi connectivity index (χ3n) is 4.27. The average Bonchev–Trinajstić information content (AvgIpc) is 3.20. The Balaban J connectivity index is 1.56. The Morgan fingerprint density at radius 1 is 1.38 bits per heavy atom. The zero-order valence-corrected chi connectivity index (χ0v) is 13.4. The van der Waals surface area contributed by atoms with E-state index in [1.165, 1.54) is 7.05 Å². The van der Waals surface area contributed by atoms with Crippen molar-refractivity contribution in [1.29, 1.82) is 0 Å². The first-order valence-corrected chi connectivity index (χ1v) is 7.83. The molecule has 2 aromatic rings. The number of hydrogen-bond donors (Lipinski definition) is 0. The van der Waals surface area contributed by atoms with E-state index >= 15 is 0 Å². The van der Waals surface area contributed by atoms with Gasteiger partial charge in [0.05, 0.1) is 12.8 Å². The van der Waals surface area contributed by atoms with Gasteiger partial charge in [-0.15, -0.1) is 0 Å². The van der Waals surface area contributed by atoms with Gasteiger partial charge in [0.1, 0.15) is 11.3 Å². The fraction of sp³-hybridized carbons (Fsp3) is 0.412. The number of aryl methyl sites for hydroxylation is 1. The van der Waals surface area contributed by atoms with Crippen molar-refractivity contribution < 1.29 is 18.3 Å². The van der Waals surface area contributed by atoms with Gasteiger partial charge < -0.3 is 9.64 Å². The van der Waals surface area contributed by atoms with Gasteiger partial charge in [-0.2, -0.15) is 5.10 Å². The van der Waals surface area contributed by atoms with Crippen LogP contribution in [0.2, 0.25) is 0 Å². The van der Waals surface area contributed by atoms with Crippen LogP contribution in [0.3, 0.4) is 0 Å². The molecule has 0 bridgehead atoms. The number of carbonyl (C=O) groups excluding carboxylic acids is 1. The summed E-state index contributed by atoms with van der Waals surface area (Å²) in [6.07, 6.45) is -0.730. The fourth-order valence-electron chi connectivity index (χ4n) is 2.98. The fourth-order valence-corrected chi connectivity index (χ4v) is 2.98. The van der Waals surface area contributed by atoms with Gasteiger partial charge in [0.15, 0.2) is 0 Å². The van der Waals surface area contributed by atoms with Gasteiger partial charge in [-0.25, -0.2) is 13.6 Å². The highest BCUT2D eigenvalue weighted by Gasteiger charge is 2.27. The van der Waals surface area contributed by atoms with Crippen LogP contribution < -0.4 is 4.90 Å². The summed E-state index contributed by atoms with van der Waals surface area (Å²) in [5, 5.41) is 3.72. The van der Waals surface area contributed by atoms with Crippen LogP contribution in [0.4, 0.5) is 14.5 Å². The van der Waals surface area contributed by atoms with Crippen molar-refractivity contribution in [3.05, 3.63) is 47.8 Å². The summed E-state index contributed by atoms with van der Waals surface area (Å²) in [6.45, 7) is 1.90. The second kappa shape index (κ2) is 6.98. The molecule has 1 atom stereocenters. The topological polar surface area (TPSA) is 47.4 Å². The lowest BCUT2D eigenvalue weighted by Gasteiger charge is -2.18. The zero-order chi connectivity index (χ0) is 17.1. The van der Waals surface area contributed by atoms with Crippen LogP contribution >= 0.6 is 0 Å². The van der Waals surface area contributed by atoms with E-state index in [4.69, 9.17) is 4.74 Å². The van der Waals surface area contributed by atoms with Gasteiger partial charge in [0, 0.05) is 31.7 Å². The van der Waals surface area contributed by atoms with Crippen molar-refractivity contribution in [2.75, 3.05) is 24.6 Å². The molecule has 3 rings (SSSR count). The highest BCUT2D eigenvalue weighted by atomic mass is 19.3. The van der Waals surface area contributed by atoms with E-state index in [2.05, 4.69) is 10.00 Å². The van der Waals surface area contributed by atoms with E-state index in [0.717, 1.165) is 36.1 Å². The summed E-state index contributed by atoms with van der Waals surface area (Å²) in [7, 11) is 1.38. The molecule has 0 spiro atoms. The Bertz CT molecular complexity index is 703. The molecule has 0 radical (unpaired) electrons. The number of hydrogen-bond acceptors (Lipinski definition) is 4. The normalized spacial score (nSPS) is 17.5. The predicted octanol–water partition coefficient (Wildman–Crippen LogP) is 3.04. The number of para-hydroxylation sites is 1. The number of alkyl halides is 2. The summed E-state index contributed by atoms with van der Waals surface area (Å²) < 4.78 is 32.2. The Labute approximate surface area is 138 Å². The summed E-state index contributed by atoms with van der Waals surface area (Å²) in [5.74, 6) is -0.544. The smallest absolute Gasteiger partial charge is 0.341 e. The summed E-state index contributed by atoms with van der Waals surface area (Å²) >= 11 is 0. The molecule has 1 aromatic heterocycles. The lowest BCUT2D eigenvalue weighted by atomic mass is 10.1. The number of benzene rings is 1. The molecule has 5 nitrogen and oxygen atoms in total. The maximum Gasteiger partial charge on any atom is 0.341 e. The maximum atomic E-state index is 13.0. The summed E-state index contributed by atoms with van der Waals surface area (Å²) in [6, 6.07) is 10.0. The molecular formula is C17H19F2N3O2. The van der Waals surface area contributed by atoms with E-state index in [0.29, 0.717) is 0 Å². The Hall–Kier alpha value is -2.44. The van der Waals surface area contributed by atoms with Gasteiger partial charge in [-0.1, -0.05) is 18.2 Å². The number of nitrogens with zero attached hydrogens (tertiary/aromatic N) is 3. The molecule has 0 N–H and O–H groups in total. The highest BCUT2D eigenvalue weighted by Crippen LogP contribution is 2.25. The van der Waals surface area contributed by atoms with Crippen molar-refractivity contribution in [1.82, 2.24) is 9.78 Å². The maximum absolute atomic E-state index is 13.0. The van der Waals surface area contributed by atoms with Crippen LogP contribution in [-0.2, 0) is 11.8 Å². The van der Waals surface area contributed by atoms with Crippen LogP contribution in [0.1, 0.15) is 28.9 Å². The number of ether oxygens (including phenoxy) is 1. The van der Waals surface area contributed by atoms with Gasteiger partial charge >= 0.3 is 5.97 Å². The minimum absolute atomic E-state index is 0.162. The Kier molecular flexibility index (Phi) is 4.78. The molecule has 1 saturated heterocycles. The zero-order valence-electron chi connectivity index (χ0n) is 13.4. The van der Waals surface area contributed by atoms with E-state index in [1.807, 2.05) is 30.3 Å². The number of anilines is 1. The Morgan fingerprint density at radius 2 is 2.12 bits per heavy atom. The molecule has 1 aliphatic rings. The van der Waals surface area contributed by atoms with Crippen molar-refractivity contribution in [2.45, 2.75) is 12.8 Å². The van der Waals surface area contributed by atoms with Crippen LogP contribution in [0, 0.1) is 5.92 Å². The monoisotopic (exact) mass is 335 g/mol. The van der Waals surface area contributed by atoms with Crippen molar-refractivity contribution in [2.24, 2.45) is 13.0 Å². The van der Waals surface area contributed by atoms with Gasteiger partial charge in [0.25, 0.3) is 6.43 Å².